The van der Waals surface area contributed by atoms with Gasteiger partial charge in [-0.2, -0.15) is 0 Å². The molecule has 2 rings (SSSR count). The third-order valence-electron chi connectivity index (χ3n) is 2.60. The fraction of sp³-hybridized carbons (Fsp3) is 0.143. The lowest BCUT2D eigenvalue weighted by Gasteiger charge is -2.02. The third-order valence-corrected chi connectivity index (χ3v) is 2.60. The highest BCUT2D eigenvalue weighted by molar-refractivity contribution is 5.77. The van der Waals surface area contributed by atoms with Crippen LogP contribution in [-0.2, 0) is 0 Å². The number of carbonyl (C=O) groups is 1. The summed E-state index contributed by atoms with van der Waals surface area (Å²) < 4.78 is 0. The third kappa shape index (κ3) is 2.77. The number of hydrogen-bond donors (Lipinski definition) is 1. The van der Waals surface area contributed by atoms with Gasteiger partial charge in [-0.05, 0) is 29.7 Å². The summed E-state index contributed by atoms with van der Waals surface area (Å²) in [6, 6.07) is 3.45. The first-order chi connectivity index (χ1) is 8.33. The van der Waals surface area contributed by atoms with Crippen LogP contribution in [0.4, 0.5) is 0 Å². The van der Waals surface area contributed by atoms with Gasteiger partial charge in [-0.1, -0.05) is 24.3 Å². The standard InChI is InChI=1S/C14H13NO2/c16-9-11-2-1-3-13(5-4-11)14-8-12(10-17)6-7-15-14/h1-2,4-8,10,16H,3,9H2. The lowest BCUT2D eigenvalue weighted by atomic mass is 10.1. The summed E-state index contributed by atoms with van der Waals surface area (Å²) in [5.41, 5.74) is 3.32. The Kier molecular flexibility index (Phi) is 3.62. The van der Waals surface area contributed by atoms with E-state index in [9.17, 15) is 4.79 Å². The van der Waals surface area contributed by atoms with Crippen molar-refractivity contribution >= 4 is 11.9 Å². The molecule has 0 unspecified atom stereocenters. The minimum absolute atomic E-state index is 0.0298. The smallest absolute Gasteiger partial charge is 0.150 e. The molecule has 1 N–H and O–H groups in total. The van der Waals surface area contributed by atoms with Crippen molar-refractivity contribution in [3.63, 3.8) is 0 Å². The van der Waals surface area contributed by atoms with E-state index < -0.39 is 0 Å². The molecule has 0 aromatic carbocycles. The molecule has 0 spiro atoms. The Bertz CT molecular complexity index is 513. The summed E-state index contributed by atoms with van der Waals surface area (Å²) in [5, 5.41) is 9.04. The molecule has 0 bridgehead atoms. The van der Waals surface area contributed by atoms with Crippen molar-refractivity contribution in [3.8, 4) is 0 Å². The summed E-state index contributed by atoms with van der Waals surface area (Å²) >= 11 is 0. The Morgan fingerprint density at radius 1 is 1.41 bits per heavy atom. The Morgan fingerprint density at radius 3 is 3.06 bits per heavy atom. The van der Waals surface area contributed by atoms with E-state index in [4.69, 9.17) is 5.11 Å². The number of hydrogen-bond acceptors (Lipinski definition) is 3. The van der Waals surface area contributed by atoms with Crippen LogP contribution in [0, 0.1) is 0 Å². The average Bonchev–Trinajstić information content (AvgIpc) is 2.64. The van der Waals surface area contributed by atoms with E-state index in [1.165, 1.54) is 0 Å². The van der Waals surface area contributed by atoms with Gasteiger partial charge < -0.3 is 5.11 Å². The molecule has 0 aliphatic heterocycles. The maximum atomic E-state index is 10.7. The van der Waals surface area contributed by atoms with Crippen molar-refractivity contribution in [3.05, 3.63) is 59.5 Å². The van der Waals surface area contributed by atoms with E-state index in [1.807, 2.05) is 24.3 Å². The number of aldehydes is 1. The summed E-state index contributed by atoms with van der Waals surface area (Å²) in [5.74, 6) is 0. The first-order valence-electron chi connectivity index (χ1n) is 5.42. The van der Waals surface area contributed by atoms with Crippen LogP contribution in [0.2, 0.25) is 0 Å². The highest BCUT2D eigenvalue weighted by Crippen LogP contribution is 2.20. The molecule has 3 heteroatoms. The number of aliphatic hydroxyl groups is 1. The average molecular weight is 227 g/mol. The molecule has 0 saturated heterocycles. The second-order valence-electron chi connectivity index (χ2n) is 3.79. The van der Waals surface area contributed by atoms with Gasteiger partial charge in [-0.15, -0.1) is 0 Å². The summed E-state index contributed by atoms with van der Waals surface area (Å²) in [7, 11) is 0. The number of pyridine rings is 1. The molecule has 0 radical (unpaired) electrons. The SMILES string of the molecule is O=Cc1ccnc(C2=CC=C(CO)C=CC2)c1. The number of aromatic nitrogens is 1. The molecule has 0 amide bonds. The maximum absolute atomic E-state index is 10.7. The van der Waals surface area contributed by atoms with Gasteiger partial charge in [-0.25, -0.2) is 0 Å². The maximum Gasteiger partial charge on any atom is 0.150 e. The second-order valence-corrected chi connectivity index (χ2v) is 3.79. The van der Waals surface area contributed by atoms with Crippen LogP contribution in [0.5, 0.6) is 0 Å². The van der Waals surface area contributed by atoms with Gasteiger partial charge in [-0.3, -0.25) is 9.78 Å². The van der Waals surface area contributed by atoms with E-state index in [0.717, 1.165) is 29.5 Å². The van der Waals surface area contributed by atoms with Gasteiger partial charge in [0.15, 0.2) is 0 Å². The highest BCUT2D eigenvalue weighted by atomic mass is 16.3. The number of allylic oxidation sites excluding steroid dienone is 4. The van der Waals surface area contributed by atoms with Gasteiger partial charge >= 0.3 is 0 Å². The number of carbonyl (C=O) groups excluding carboxylic acids is 1. The predicted molar refractivity (Wildman–Crippen MR) is 66.5 cm³/mol. The molecule has 0 atom stereocenters. The van der Waals surface area contributed by atoms with Gasteiger partial charge in [0.25, 0.3) is 0 Å². The largest absolute Gasteiger partial charge is 0.392 e. The van der Waals surface area contributed by atoms with Crippen molar-refractivity contribution < 1.29 is 9.90 Å². The molecule has 17 heavy (non-hydrogen) atoms. The minimum Gasteiger partial charge on any atom is -0.392 e. The van der Waals surface area contributed by atoms with Gasteiger partial charge in [0.05, 0.1) is 12.3 Å². The van der Waals surface area contributed by atoms with Gasteiger partial charge in [0.1, 0.15) is 6.29 Å². The highest BCUT2D eigenvalue weighted by Gasteiger charge is 2.04. The number of aliphatic hydroxyl groups excluding tert-OH is 1. The van der Waals surface area contributed by atoms with Crippen LogP contribution in [0.15, 0.2) is 48.2 Å². The quantitative estimate of drug-likeness (QED) is 0.805. The van der Waals surface area contributed by atoms with E-state index in [1.54, 1.807) is 18.3 Å². The Morgan fingerprint density at radius 2 is 2.29 bits per heavy atom. The monoisotopic (exact) mass is 227 g/mol. The molecule has 86 valence electrons. The molecule has 1 aliphatic carbocycles. The van der Waals surface area contributed by atoms with E-state index >= 15 is 0 Å². The summed E-state index contributed by atoms with van der Waals surface area (Å²) in [4.78, 5) is 15.0. The molecule has 0 saturated carbocycles. The fourth-order valence-corrected chi connectivity index (χ4v) is 1.66. The normalized spacial score (nSPS) is 14.9. The zero-order valence-electron chi connectivity index (χ0n) is 9.34. The Balaban J connectivity index is 2.34. The van der Waals surface area contributed by atoms with E-state index in [2.05, 4.69) is 4.98 Å². The van der Waals surface area contributed by atoms with E-state index in [0.29, 0.717) is 5.56 Å². The van der Waals surface area contributed by atoms with Crippen LogP contribution in [0.25, 0.3) is 5.57 Å². The molecule has 1 aromatic rings. The molecule has 0 fully saturated rings. The number of rotatable bonds is 3. The van der Waals surface area contributed by atoms with Crippen molar-refractivity contribution in [2.45, 2.75) is 6.42 Å². The lowest BCUT2D eigenvalue weighted by molar-refractivity contribution is 0.112. The number of nitrogens with zero attached hydrogens (tertiary/aromatic N) is 1. The van der Waals surface area contributed by atoms with Gasteiger partial charge in [0, 0.05) is 11.8 Å². The predicted octanol–water partition coefficient (Wildman–Crippen LogP) is 2.16. The molecular weight excluding hydrogens is 214 g/mol. The van der Waals surface area contributed by atoms with E-state index in [-0.39, 0.29) is 6.61 Å². The Hall–Kier alpha value is -2.00. The zero-order valence-corrected chi connectivity index (χ0v) is 9.34. The molecule has 1 heterocycles. The first kappa shape index (κ1) is 11.5. The van der Waals surface area contributed by atoms with Crippen molar-refractivity contribution in [2.24, 2.45) is 0 Å². The topological polar surface area (TPSA) is 50.2 Å². The molecule has 3 nitrogen and oxygen atoms in total. The first-order valence-corrected chi connectivity index (χ1v) is 5.42. The van der Waals surface area contributed by atoms with Crippen LogP contribution in [0.1, 0.15) is 22.5 Å². The molecule has 1 aromatic heterocycles. The molecule has 1 aliphatic rings. The lowest BCUT2D eigenvalue weighted by Crippen LogP contribution is -1.90. The fourth-order valence-electron chi connectivity index (χ4n) is 1.66. The van der Waals surface area contributed by atoms with Crippen molar-refractivity contribution in [1.82, 2.24) is 4.98 Å². The minimum atomic E-state index is 0.0298. The van der Waals surface area contributed by atoms with Crippen LogP contribution in [-0.4, -0.2) is 23.0 Å². The van der Waals surface area contributed by atoms with Crippen molar-refractivity contribution in [1.29, 1.82) is 0 Å². The summed E-state index contributed by atoms with van der Waals surface area (Å²) in [6.45, 7) is 0.0298. The van der Waals surface area contributed by atoms with Crippen LogP contribution >= 0.6 is 0 Å². The Labute approximate surface area is 99.8 Å². The van der Waals surface area contributed by atoms with Crippen LogP contribution < -0.4 is 0 Å². The summed E-state index contributed by atoms with van der Waals surface area (Å²) in [6.07, 6.45) is 10.9. The molecular formula is C14H13NO2. The zero-order chi connectivity index (χ0) is 12.1. The van der Waals surface area contributed by atoms with Crippen LogP contribution in [0.3, 0.4) is 0 Å². The van der Waals surface area contributed by atoms with Gasteiger partial charge in [0.2, 0.25) is 0 Å². The second kappa shape index (κ2) is 5.37. The van der Waals surface area contributed by atoms with Crippen molar-refractivity contribution in [2.75, 3.05) is 6.61 Å².